The Morgan fingerprint density at radius 2 is 1.84 bits per heavy atom. The summed E-state index contributed by atoms with van der Waals surface area (Å²) in [4.78, 5) is 28.7. The maximum atomic E-state index is 12.6. The molecule has 1 amide bonds. The van der Waals surface area contributed by atoms with Gasteiger partial charge in [0.05, 0.1) is 28.3 Å². The molecule has 7 nitrogen and oxygen atoms in total. The summed E-state index contributed by atoms with van der Waals surface area (Å²) in [5.74, 6) is -0.498. The van der Waals surface area contributed by atoms with Gasteiger partial charge in [0.2, 0.25) is 0 Å². The summed E-state index contributed by atoms with van der Waals surface area (Å²) in [7, 11) is 1.50. The van der Waals surface area contributed by atoms with Crippen LogP contribution in [0.15, 0.2) is 62.9 Å². The van der Waals surface area contributed by atoms with Gasteiger partial charge in [0.15, 0.2) is 16.7 Å². The second-order valence-corrected chi connectivity index (χ2v) is 10.4. The zero-order valence-electron chi connectivity index (χ0n) is 20.1. The molecule has 4 rings (SSSR count). The first-order valence-electron chi connectivity index (χ1n) is 11.0. The number of nitrogens with zero attached hydrogens (tertiary/aromatic N) is 1. The van der Waals surface area contributed by atoms with Crippen molar-refractivity contribution in [2.24, 2.45) is 4.99 Å². The normalized spacial score (nSPS) is 15.2. The highest BCUT2D eigenvalue weighted by atomic mass is 79.9. The topological polar surface area (TPSA) is 97.2 Å². The quantitative estimate of drug-likeness (QED) is 0.286. The van der Waals surface area contributed by atoms with Gasteiger partial charge < -0.3 is 19.9 Å². The molecule has 190 valence electrons. The van der Waals surface area contributed by atoms with E-state index in [1.165, 1.54) is 31.0 Å². The molecule has 1 saturated heterocycles. The summed E-state index contributed by atoms with van der Waals surface area (Å²) < 4.78 is 12.4. The average molecular weight is 602 g/mol. The van der Waals surface area contributed by atoms with Crippen LogP contribution < -0.4 is 14.8 Å². The molecule has 0 saturated carbocycles. The second-order valence-electron chi connectivity index (χ2n) is 8.20. The minimum absolute atomic E-state index is 0.170. The standard InChI is InChI=1S/C27H22BrClN2O5S/c1-14-8-19(9-15(2)23(14)28)30-27-31-25(32)22(37-27)12-17-10-20(29)24(21(11-17)35-3)36-13-16-4-6-18(7-5-16)26(33)34/h4-12H,13H2,1-3H3,(H,33,34)(H,30,31,32)/b22-12-. The first-order valence-corrected chi connectivity index (χ1v) is 13.0. The lowest BCUT2D eigenvalue weighted by molar-refractivity contribution is -0.115. The number of ether oxygens (including phenoxy) is 2. The van der Waals surface area contributed by atoms with Crippen molar-refractivity contribution in [3.63, 3.8) is 0 Å². The van der Waals surface area contributed by atoms with Crippen LogP contribution in [0.3, 0.4) is 0 Å². The summed E-state index contributed by atoms with van der Waals surface area (Å²) in [6.07, 6.45) is 1.71. The Labute approximate surface area is 231 Å². The van der Waals surface area contributed by atoms with Crippen molar-refractivity contribution in [2.45, 2.75) is 20.5 Å². The number of amidine groups is 1. The number of hydrogen-bond donors (Lipinski definition) is 2. The third kappa shape index (κ3) is 6.36. The number of aromatic carboxylic acids is 1. The van der Waals surface area contributed by atoms with Crippen LogP contribution in [-0.4, -0.2) is 29.3 Å². The van der Waals surface area contributed by atoms with Gasteiger partial charge in [0.1, 0.15) is 6.61 Å². The third-order valence-corrected chi connectivity index (χ3v) is 7.88. The highest BCUT2D eigenvalue weighted by Crippen LogP contribution is 2.39. The van der Waals surface area contributed by atoms with Crippen LogP contribution in [-0.2, 0) is 11.4 Å². The lowest BCUT2D eigenvalue weighted by Crippen LogP contribution is -2.19. The number of thioether (sulfide) groups is 1. The Kier molecular flexibility index (Phi) is 8.26. The Morgan fingerprint density at radius 1 is 1.16 bits per heavy atom. The molecule has 1 heterocycles. The second kappa shape index (κ2) is 11.4. The van der Waals surface area contributed by atoms with Crippen LogP contribution in [0.1, 0.15) is 32.6 Å². The molecule has 3 aromatic rings. The van der Waals surface area contributed by atoms with Gasteiger partial charge in [-0.25, -0.2) is 9.79 Å². The molecule has 1 fully saturated rings. The van der Waals surface area contributed by atoms with E-state index in [-0.39, 0.29) is 18.1 Å². The molecule has 3 aromatic carbocycles. The zero-order chi connectivity index (χ0) is 26.7. The van der Waals surface area contributed by atoms with Crippen molar-refractivity contribution in [1.82, 2.24) is 5.32 Å². The molecule has 1 aliphatic rings. The number of carbonyl (C=O) groups is 2. The summed E-state index contributed by atoms with van der Waals surface area (Å²) in [6, 6.07) is 13.7. The molecule has 0 bridgehead atoms. The monoisotopic (exact) mass is 600 g/mol. The Bertz CT molecular complexity index is 1430. The fraction of sp³-hybridized carbons (Fsp3) is 0.148. The van der Waals surface area contributed by atoms with Gasteiger partial charge in [0, 0.05) is 4.47 Å². The van der Waals surface area contributed by atoms with E-state index in [9.17, 15) is 9.59 Å². The fourth-order valence-electron chi connectivity index (χ4n) is 3.60. The van der Waals surface area contributed by atoms with E-state index >= 15 is 0 Å². The van der Waals surface area contributed by atoms with Gasteiger partial charge in [-0.15, -0.1) is 0 Å². The van der Waals surface area contributed by atoms with Crippen molar-refractivity contribution in [3.05, 3.63) is 90.7 Å². The van der Waals surface area contributed by atoms with Crippen LogP contribution >= 0.6 is 39.3 Å². The van der Waals surface area contributed by atoms with Crippen LogP contribution in [0, 0.1) is 13.8 Å². The van der Waals surface area contributed by atoms with Gasteiger partial charge in [-0.05, 0) is 90.3 Å². The zero-order valence-corrected chi connectivity index (χ0v) is 23.3. The van der Waals surface area contributed by atoms with Crippen LogP contribution in [0.5, 0.6) is 11.5 Å². The van der Waals surface area contributed by atoms with Crippen molar-refractivity contribution in [3.8, 4) is 11.5 Å². The molecule has 0 spiro atoms. The number of hydrogen-bond acceptors (Lipinski definition) is 6. The molecule has 0 unspecified atom stereocenters. The van der Waals surface area contributed by atoms with Crippen LogP contribution in [0.2, 0.25) is 5.02 Å². The molecule has 2 N–H and O–H groups in total. The molecule has 1 aliphatic heterocycles. The van der Waals surface area contributed by atoms with E-state index in [0.717, 1.165) is 26.9 Å². The Balaban J connectivity index is 1.52. The van der Waals surface area contributed by atoms with E-state index < -0.39 is 5.97 Å². The number of aliphatic imine (C=N–C) groups is 1. The number of nitrogens with one attached hydrogen (secondary N) is 1. The predicted molar refractivity (Wildman–Crippen MR) is 150 cm³/mol. The van der Waals surface area contributed by atoms with Crippen molar-refractivity contribution < 1.29 is 24.2 Å². The van der Waals surface area contributed by atoms with E-state index in [1.54, 1.807) is 30.3 Å². The number of carboxylic acids is 1. The largest absolute Gasteiger partial charge is 0.493 e. The smallest absolute Gasteiger partial charge is 0.335 e. The maximum Gasteiger partial charge on any atom is 0.335 e. The molecule has 37 heavy (non-hydrogen) atoms. The molecule has 0 atom stereocenters. The molecular formula is C27H22BrClN2O5S. The highest BCUT2D eigenvalue weighted by molar-refractivity contribution is 9.10. The van der Waals surface area contributed by atoms with E-state index in [0.29, 0.717) is 32.2 Å². The number of methoxy groups -OCH3 is 1. The fourth-order valence-corrected chi connectivity index (χ4v) is 4.94. The SMILES string of the molecule is COc1cc(/C=C2\SC(=Nc3cc(C)c(Br)c(C)c3)NC2=O)cc(Cl)c1OCc1ccc(C(=O)O)cc1. The average Bonchev–Trinajstić information content (AvgIpc) is 3.19. The minimum atomic E-state index is -0.993. The van der Waals surface area contributed by atoms with Crippen molar-refractivity contribution in [1.29, 1.82) is 0 Å². The van der Waals surface area contributed by atoms with Crippen LogP contribution in [0.25, 0.3) is 6.08 Å². The summed E-state index contributed by atoms with van der Waals surface area (Å²) in [6.45, 7) is 4.15. The van der Waals surface area contributed by atoms with E-state index in [1.807, 2.05) is 26.0 Å². The highest BCUT2D eigenvalue weighted by Gasteiger charge is 2.24. The minimum Gasteiger partial charge on any atom is -0.493 e. The number of carboxylic acid groups (broad SMARTS) is 1. The molecule has 0 radical (unpaired) electrons. The number of benzene rings is 3. The Hall–Kier alpha value is -3.27. The molecule has 10 heteroatoms. The molecule has 0 aromatic heterocycles. The Morgan fingerprint density at radius 3 is 2.46 bits per heavy atom. The van der Waals surface area contributed by atoms with Crippen LogP contribution in [0.4, 0.5) is 5.69 Å². The molecule has 0 aliphatic carbocycles. The molecular weight excluding hydrogens is 580 g/mol. The van der Waals surface area contributed by atoms with E-state index in [4.69, 9.17) is 26.2 Å². The van der Waals surface area contributed by atoms with Gasteiger partial charge in [0.25, 0.3) is 5.91 Å². The number of amides is 1. The van der Waals surface area contributed by atoms with Gasteiger partial charge in [-0.3, -0.25) is 4.79 Å². The first-order chi connectivity index (χ1) is 17.6. The number of aryl methyl sites for hydroxylation is 2. The van der Waals surface area contributed by atoms with Crippen molar-refractivity contribution >= 4 is 68.1 Å². The predicted octanol–water partition coefficient (Wildman–Crippen LogP) is 6.90. The lowest BCUT2D eigenvalue weighted by atomic mass is 10.1. The third-order valence-electron chi connectivity index (χ3n) is 5.44. The number of carbonyl (C=O) groups excluding carboxylic acids is 1. The maximum absolute atomic E-state index is 12.6. The van der Waals surface area contributed by atoms with Gasteiger partial charge >= 0.3 is 5.97 Å². The number of rotatable bonds is 7. The van der Waals surface area contributed by atoms with E-state index in [2.05, 4.69) is 26.2 Å². The van der Waals surface area contributed by atoms with Gasteiger partial charge in [-0.2, -0.15) is 0 Å². The number of halogens is 2. The lowest BCUT2D eigenvalue weighted by Gasteiger charge is -2.13. The van der Waals surface area contributed by atoms with Gasteiger partial charge in [-0.1, -0.05) is 39.7 Å². The summed E-state index contributed by atoms with van der Waals surface area (Å²) >= 11 is 11.3. The first kappa shape index (κ1) is 26.8. The summed E-state index contributed by atoms with van der Waals surface area (Å²) in [5.41, 5.74) is 4.51. The van der Waals surface area contributed by atoms with Crippen molar-refractivity contribution in [2.75, 3.05) is 7.11 Å². The summed E-state index contributed by atoms with van der Waals surface area (Å²) in [5, 5.41) is 12.6.